The predicted molar refractivity (Wildman–Crippen MR) is 129 cm³/mol. The van der Waals surface area contributed by atoms with Crippen LogP contribution < -0.4 is 5.32 Å². The fraction of sp³-hybridized carbons (Fsp3) is 0.560. The largest absolute Gasteiger partial charge is 0.369 e. The third kappa shape index (κ3) is 5.24. The summed E-state index contributed by atoms with van der Waals surface area (Å²) in [5, 5.41) is 4.11. The summed E-state index contributed by atoms with van der Waals surface area (Å²) in [6, 6.07) is 7.86. The van der Waals surface area contributed by atoms with Crippen LogP contribution in [0.1, 0.15) is 60.6 Å². The third-order valence-corrected chi connectivity index (χ3v) is 7.41. The van der Waals surface area contributed by atoms with Gasteiger partial charge in [0.2, 0.25) is 0 Å². The number of benzene rings is 1. The molecule has 0 saturated carbocycles. The third-order valence-electron chi connectivity index (χ3n) is 7.15. The first-order valence-corrected chi connectivity index (χ1v) is 12.2. The summed E-state index contributed by atoms with van der Waals surface area (Å²) in [5.74, 6) is 0.749. The van der Waals surface area contributed by atoms with Crippen molar-refractivity contribution in [1.29, 1.82) is 0 Å². The van der Waals surface area contributed by atoms with Gasteiger partial charge in [0.05, 0.1) is 0 Å². The molecule has 3 heterocycles. The molecule has 172 valence electrons. The molecule has 32 heavy (non-hydrogen) atoms. The van der Waals surface area contributed by atoms with Crippen LogP contribution in [0.15, 0.2) is 30.6 Å². The molecule has 0 unspecified atom stereocenters. The Balaban J connectivity index is 1.35. The lowest BCUT2D eigenvalue weighted by molar-refractivity contribution is 0.0200. The molecule has 1 aromatic carbocycles. The van der Waals surface area contributed by atoms with Gasteiger partial charge in [0, 0.05) is 35.8 Å². The Hall–Kier alpha value is -2.18. The summed E-state index contributed by atoms with van der Waals surface area (Å²) in [7, 11) is 0. The molecule has 2 aliphatic rings. The van der Waals surface area contributed by atoms with E-state index in [0.29, 0.717) is 5.69 Å². The quantitative estimate of drug-likeness (QED) is 0.691. The van der Waals surface area contributed by atoms with Crippen molar-refractivity contribution < 1.29 is 4.79 Å². The smallest absolute Gasteiger partial charge is 0.272 e. The van der Waals surface area contributed by atoms with E-state index >= 15 is 0 Å². The van der Waals surface area contributed by atoms with Crippen LogP contribution >= 0.6 is 11.6 Å². The zero-order valence-corrected chi connectivity index (χ0v) is 20.0. The molecule has 2 saturated heterocycles. The molecule has 0 spiro atoms. The Morgan fingerprint density at radius 2 is 1.75 bits per heavy atom. The van der Waals surface area contributed by atoms with Crippen LogP contribution in [0, 0.1) is 6.92 Å². The lowest BCUT2D eigenvalue weighted by atomic mass is 9.86. The number of nitrogens with zero attached hydrogens (tertiary/aromatic N) is 4. The minimum Gasteiger partial charge on any atom is -0.369 e. The molecular formula is C25H34ClN5O. The highest BCUT2D eigenvalue weighted by Crippen LogP contribution is 2.31. The Labute approximate surface area is 196 Å². The fourth-order valence-corrected chi connectivity index (χ4v) is 5.04. The van der Waals surface area contributed by atoms with E-state index in [1.54, 1.807) is 0 Å². The van der Waals surface area contributed by atoms with Crippen molar-refractivity contribution in [2.45, 2.75) is 57.9 Å². The molecule has 0 radical (unpaired) electrons. The van der Waals surface area contributed by atoms with Gasteiger partial charge in [-0.15, -0.1) is 0 Å². The van der Waals surface area contributed by atoms with E-state index in [0.717, 1.165) is 55.3 Å². The van der Waals surface area contributed by atoms with Gasteiger partial charge in [-0.1, -0.05) is 30.2 Å². The van der Waals surface area contributed by atoms with E-state index in [2.05, 4.69) is 27.1 Å². The van der Waals surface area contributed by atoms with Crippen LogP contribution in [-0.2, 0) is 6.42 Å². The Kier molecular flexibility index (Phi) is 7.31. The SMILES string of the molecule is Cc1c(NCCc2ccc(Cl)cc2)ncnc1C(=O)N1CCC(C)(N2CCCCC2)CC1. The Morgan fingerprint density at radius 1 is 1.06 bits per heavy atom. The van der Waals surface area contributed by atoms with Crippen molar-refractivity contribution >= 4 is 23.3 Å². The van der Waals surface area contributed by atoms with E-state index in [1.165, 1.54) is 44.2 Å². The highest BCUT2D eigenvalue weighted by Gasteiger charge is 2.37. The molecule has 2 fully saturated rings. The van der Waals surface area contributed by atoms with Gasteiger partial charge >= 0.3 is 0 Å². The molecular weight excluding hydrogens is 422 g/mol. The molecule has 4 rings (SSSR count). The molecule has 7 heteroatoms. The summed E-state index contributed by atoms with van der Waals surface area (Å²) >= 11 is 5.96. The predicted octanol–water partition coefficient (Wildman–Crippen LogP) is 4.57. The summed E-state index contributed by atoms with van der Waals surface area (Å²) in [6.45, 7) is 8.99. The molecule has 1 N–H and O–H groups in total. The van der Waals surface area contributed by atoms with E-state index in [9.17, 15) is 4.79 Å². The normalized spacial score (nSPS) is 19.0. The second kappa shape index (κ2) is 10.2. The zero-order chi connectivity index (χ0) is 22.6. The van der Waals surface area contributed by atoms with E-state index in [1.807, 2.05) is 36.1 Å². The average Bonchev–Trinajstić information content (AvgIpc) is 2.82. The summed E-state index contributed by atoms with van der Waals surface area (Å²) in [6.07, 6.45) is 8.33. The van der Waals surface area contributed by atoms with Gasteiger partial charge < -0.3 is 10.2 Å². The standard InChI is InChI=1S/C25H34ClN5O/c1-19-22(28-18-29-23(19)27-13-10-20-6-8-21(26)9-7-20)24(32)30-16-11-25(2,12-17-30)31-14-4-3-5-15-31/h6-9,18H,3-5,10-17H2,1-2H3,(H,27,28,29). The van der Waals surface area contributed by atoms with Gasteiger partial charge in [0.15, 0.2) is 0 Å². The monoisotopic (exact) mass is 455 g/mol. The number of hydrogen-bond donors (Lipinski definition) is 1. The molecule has 0 atom stereocenters. The number of hydrogen-bond acceptors (Lipinski definition) is 5. The number of nitrogens with one attached hydrogen (secondary N) is 1. The number of rotatable bonds is 6. The number of carbonyl (C=O) groups excluding carboxylic acids is 1. The maximum Gasteiger partial charge on any atom is 0.272 e. The molecule has 1 aromatic heterocycles. The molecule has 2 aromatic rings. The fourth-order valence-electron chi connectivity index (χ4n) is 4.91. The second-order valence-electron chi connectivity index (χ2n) is 9.34. The average molecular weight is 456 g/mol. The van der Waals surface area contributed by atoms with Crippen molar-refractivity contribution in [3.8, 4) is 0 Å². The molecule has 0 aliphatic carbocycles. The minimum absolute atomic E-state index is 0.0198. The minimum atomic E-state index is 0.0198. The van der Waals surface area contributed by atoms with Crippen molar-refractivity contribution in [3.05, 3.63) is 52.4 Å². The number of carbonyl (C=O) groups is 1. The van der Waals surface area contributed by atoms with Crippen molar-refractivity contribution in [2.75, 3.05) is 38.0 Å². The number of amides is 1. The Bertz CT molecular complexity index is 918. The van der Waals surface area contributed by atoms with Gasteiger partial charge in [-0.05, 0) is 76.7 Å². The molecule has 0 bridgehead atoms. The number of aromatic nitrogens is 2. The second-order valence-corrected chi connectivity index (χ2v) is 9.77. The summed E-state index contributed by atoms with van der Waals surface area (Å²) < 4.78 is 0. The summed E-state index contributed by atoms with van der Waals surface area (Å²) in [5.41, 5.74) is 2.75. The number of likely N-dealkylation sites (tertiary alicyclic amines) is 2. The van der Waals surface area contributed by atoms with Crippen molar-refractivity contribution in [3.63, 3.8) is 0 Å². The van der Waals surface area contributed by atoms with Crippen LogP contribution in [0.2, 0.25) is 5.02 Å². The molecule has 6 nitrogen and oxygen atoms in total. The molecule has 1 amide bonds. The first-order valence-electron chi connectivity index (χ1n) is 11.8. The van der Waals surface area contributed by atoms with Gasteiger partial charge in [-0.2, -0.15) is 0 Å². The molecule has 2 aliphatic heterocycles. The van der Waals surface area contributed by atoms with Gasteiger partial charge in [-0.25, -0.2) is 9.97 Å². The lowest BCUT2D eigenvalue weighted by Crippen LogP contribution is -2.55. The first kappa shape index (κ1) is 23.0. The van der Waals surface area contributed by atoms with Gasteiger partial charge in [0.25, 0.3) is 5.91 Å². The number of halogens is 1. The van der Waals surface area contributed by atoms with E-state index in [4.69, 9.17) is 11.6 Å². The van der Waals surface area contributed by atoms with Crippen LogP contribution in [0.4, 0.5) is 5.82 Å². The first-order chi connectivity index (χ1) is 15.5. The maximum absolute atomic E-state index is 13.3. The van der Waals surface area contributed by atoms with E-state index < -0.39 is 0 Å². The summed E-state index contributed by atoms with van der Waals surface area (Å²) in [4.78, 5) is 26.6. The van der Waals surface area contributed by atoms with Crippen LogP contribution in [0.25, 0.3) is 0 Å². The van der Waals surface area contributed by atoms with Crippen LogP contribution in [-0.4, -0.2) is 63.9 Å². The topological polar surface area (TPSA) is 61.4 Å². The maximum atomic E-state index is 13.3. The highest BCUT2D eigenvalue weighted by atomic mass is 35.5. The Morgan fingerprint density at radius 3 is 2.44 bits per heavy atom. The van der Waals surface area contributed by atoms with Crippen LogP contribution in [0.3, 0.4) is 0 Å². The number of piperidine rings is 2. The number of anilines is 1. The lowest BCUT2D eigenvalue weighted by Gasteiger charge is -2.48. The van der Waals surface area contributed by atoms with Crippen molar-refractivity contribution in [1.82, 2.24) is 19.8 Å². The van der Waals surface area contributed by atoms with Gasteiger partial charge in [0.1, 0.15) is 17.8 Å². The zero-order valence-electron chi connectivity index (χ0n) is 19.2. The van der Waals surface area contributed by atoms with Crippen molar-refractivity contribution in [2.24, 2.45) is 0 Å². The van der Waals surface area contributed by atoms with Crippen LogP contribution in [0.5, 0.6) is 0 Å². The van der Waals surface area contributed by atoms with E-state index in [-0.39, 0.29) is 11.4 Å². The highest BCUT2D eigenvalue weighted by molar-refractivity contribution is 6.30. The van der Waals surface area contributed by atoms with Gasteiger partial charge in [-0.3, -0.25) is 9.69 Å².